The van der Waals surface area contributed by atoms with Gasteiger partial charge in [0.25, 0.3) is 0 Å². The van der Waals surface area contributed by atoms with E-state index in [9.17, 15) is 15.3 Å². The molecule has 0 radical (unpaired) electrons. The molecule has 0 amide bonds. The number of benzene rings is 6. The summed E-state index contributed by atoms with van der Waals surface area (Å²) in [5, 5.41) is 41.0. The molecule has 1 unspecified atom stereocenters. The van der Waals surface area contributed by atoms with Gasteiger partial charge in [0, 0.05) is 6.42 Å². The molecule has 1 saturated heterocycles. The van der Waals surface area contributed by atoms with Gasteiger partial charge in [0.1, 0.15) is 28.5 Å². The zero-order valence-electron chi connectivity index (χ0n) is 28.3. The molecule has 1 aliphatic rings. The largest absolute Gasteiger partial charge is 0.380 e. The SMILES string of the molecule is CC1(C)OC(C(O)(c2ccccc2)c2ccccc2)[C@@](CC(O)(c2ccccc2)c2ccccc2)(C(O)(c2ccccc2)c2ccccc2)O1. The Morgan fingerprint density at radius 2 is 0.760 bits per heavy atom. The smallest absolute Gasteiger partial charge is 0.164 e. The molecule has 6 aromatic carbocycles. The summed E-state index contributed by atoms with van der Waals surface area (Å²) in [4.78, 5) is 0. The van der Waals surface area contributed by atoms with Gasteiger partial charge in [-0.05, 0) is 47.2 Å². The Kier molecular flexibility index (Phi) is 8.81. The third-order valence-corrected chi connectivity index (χ3v) is 10.1. The van der Waals surface area contributed by atoms with Gasteiger partial charge in [-0.2, -0.15) is 0 Å². The van der Waals surface area contributed by atoms with Crippen molar-refractivity contribution in [3.05, 3.63) is 215 Å². The van der Waals surface area contributed by atoms with Crippen LogP contribution in [0.4, 0.5) is 0 Å². The second-order valence-electron chi connectivity index (χ2n) is 13.6. The molecule has 0 aliphatic carbocycles. The highest BCUT2D eigenvalue weighted by atomic mass is 16.8. The average Bonchev–Trinajstić information content (AvgIpc) is 3.47. The van der Waals surface area contributed by atoms with Gasteiger partial charge in [-0.3, -0.25) is 0 Å². The molecule has 6 aromatic rings. The van der Waals surface area contributed by atoms with Crippen molar-refractivity contribution >= 4 is 0 Å². The number of aliphatic hydroxyl groups is 3. The maximum Gasteiger partial charge on any atom is 0.164 e. The molecule has 7 rings (SSSR count). The first kappa shape index (κ1) is 33.6. The average molecular weight is 663 g/mol. The van der Waals surface area contributed by atoms with Crippen LogP contribution in [-0.2, 0) is 26.3 Å². The van der Waals surface area contributed by atoms with Crippen LogP contribution in [-0.4, -0.2) is 32.8 Å². The molecule has 5 nitrogen and oxygen atoms in total. The highest BCUT2D eigenvalue weighted by Gasteiger charge is 2.72. The second kappa shape index (κ2) is 13.1. The quantitative estimate of drug-likeness (QED) is 0.138. The van der Waals surface area contributed by atoms with E-state index in [0.29, 0.717) is 33.4 Å². The van der Waals surface area contributed by atoms with E-state index in [0.717, 1.165) is 0 Å². The topological polar surface area (TPSA) is 79.2 Å². The van der Waals surface area contributed by atoms with Gasteiger partial charge in [0.05, 0.1) is 0 Å². The Morgan fingerprint density at radius 3 is 1.10 bits per heavy atom. The standard InChI is InChI=1S/C45H42O5/c1-41(2)49-40(44(47,36-25-13-5-14-26-36)37-27-15-6-16-28-37)43(50-41,45(48,38-29-17-7-18-30-38)39-31-19-8-20-32-39)33-42(46,34-21-9-3-10-22-34)35-23-11-4-12-24-35/h3-32,40,46-48H,33H2,1-2H3/t40?,43-/m0/s1. The molecular formula is C45H42O5. The normalized spacial score (nSPS) is 19.3. The lowest BCUT2D eigenvalue weighted by Gasteiger charge is -2.53. The van der Waals surface area contributed by atoms with Crippen molar-refractivity contribution in [2.45, 2.75) is 54.6 Å². The lowest BCUT2D eigenvalue weighted by Crippen LogP contribution is -2.66. The van der Waals surface area contributed by atoms with Crippen molar-refractivity contribution in [1.82, 2.24) is 0 Å². The lowest BCUT2D eigenvalue weighted by atomic mass is 9.59. The van der Waals surface area contributed by atoms with Crippen LogP contribution in [0.1, 0.15) is 53.6 Å². The maximum atomic E-state index is 14.0. The summed E-state index contributed by atoms with van der Waals surface area (Å²) in [5.74, 6) is -1.34. The van der Waals surface area contributed by atoms with Gasteiger partial charge < -0.3 is 24.8 Å². The van der Waals surface area contributed by atoms with Crippen molar-refractivity contribution in [2.24, 2.45) is 0 Å². The maximum absolute atomic E-state index is 14.0. The van der Waals surface area contributed by atoms with E-state index < -0.39 is 34.3 Å². The van der Waals surface area contributed by atoms with E-state index in [1.54, 1.807) is 13.8 Å². The van der Waals surface area contributed by atoms with Crippen LogP contribution in [0, 0.1) is 0 Å². The predicted octanol–water partition coefficient (Wildman–Crippen LogP) is 8.08. The summed E-state index contributed by atoms with van der Waals surface area (Å²) in [6, 6.07) is 56.2. The van der Waals surface area contributed by atoms with Crippen molar-refractivity contribution in [3.63, 3.8) is 0 Å². The first-order chi connectivity index (χ1) is 24.1. The summed E-state index contributed by atoms with van der Waals surface area (Å²) in [7, 11) is 0. The van der Waals surface area contributed by atoms with E-state index in [-0.39, 0.29) is 6.42 Å². The summed E-state index contributed by atoms with van der Waals surface area (Å²) in [5.41, 5.74) is -4.16. The predicted molar refractivity (Wildman–Crippen MR) is 195 cm³/mol. The number of hydrogen-bond donors (Lipinski definition) is 3. The fraction of sp³-hybridized carbons (Fsp3) is 0.200. The van der Waals surface area contributed by atoms with Crippen molar-refractivity contribution < 1.29 is 24.8 Å². The van der Waals surface area contributed by atoms with Gasteiger partial charge >= 0.3 is 0 Å². The molecule has 252 valence electrons. The van der Waals surface area contributed by atoms with Crippen LogP contribution in [0.3, 0.4) is 0 Å². The molecule has 1 heterocycles. The van der Waals surface area contributed by atoms with Crippen LogP contribution in [0.2, 0.25) is 0 Å². The summed E-state index contributed by atoms with van der Waals surface area (Å²) >= 11 is 0. The van der Waals surface area contributed by atoms with Gasteiger partial charge in [-0.1, -0.05) is 182 Å². The molecule has 50 heavy (non-hydrogen) atoms. The van der Waals surface area contributed by atoms with E-state index in [1.807, 2.05) is 182 Å². The molecule has 0 saturated carbocycles. The minimum atomic E-state index is -2.00. The van der Waals surface area contributed by atoms with Gasteiger partial charge in [-0.15, -0.1) is 0 Å². The molecule has 1 aliphatic heterocycles. The Labute approximate surface area is 294 Å². The van der Waals surface area contributed by atoms with Crippen molar-refractivity contribution in [1.29, 1.82) is 0 Å². The molecule has 5 heteroatoms. The monoisotopic (exact) mass is 662 g/mol. The zero-order valence-corrected chi connectivity index (χ0v) is 28.3. The molecule has 0 spiro atoms. The molecule has 0 bridgehead atoms. The highest BCUT2D eigenvalue weighted by molar-refractivity contribution is 5.48. The van der Waals surface area contributed by atoms with Gasteiger partial charge in [-0.25, -0.2) is 0 Å². The Hall–Kier alpha value is -4.88. The lowest BCUT2D eigenvalue weighted by molar-refractivity contribution is -0.226. The Morgan fingerprint density at radius 1 is 0.460 bits per heavy atom. The molecule has 3 N–H and O–H groups in total. The van der Waals surface area contributed by atoms with E-state index in [2.05, 4.69) is 0 Å². The van der Waals surface area contributed by atoms with Crippen molar-refractivity contribution in [3.8, 4) is 0 Å². The summed E-state index contributed by atoms with van der Waals surface area (Å²) in [6.45, 7) is 3.58. The number of ether oxygens (including phenoxy) is 2. The van der Waals surface area contributed by atoms with Crippen LogP contribution in [0.5, 0.6) is 0 Å². The first-order valence-electron chi connectivity index (χ1n) is 17.0. The minimum absolute atomic E-state index is 0.218. The molecule has 0 aromatic heterocycles. The highest BCUT2D eigenvalue weighted by Crippen LogP contribution is 2.60. The Bertz CT molecular complexity index is 1870. The van der Waals surface area contributed by atoms with Crippen LogP contribution >= 0.6 is 0 Å². The van der Waals surface area contributed by atoms with Gasteiger partial charge in [0.2, 0.25) is 0 Å². The summed E-state index contributed by atoms with van der Waals surface area (Å²) in [6.07, 6.45) is -1.51. The second-order valence-corrected chi connectivity index (χ2v) is 13.6. The van der Waals surface area contributed by atoms with Gasteiger partial charge in [0.15, 0.2) is 5.79 Å². The molecule has 1 fully saturated rings. The Balaban J connectivity index is 1.63. The first-order valence-corrected chi connectivity index (χ1v) is 17.0. The van der Waals surface area contributed by atoms with E-state index >= 15 is 0 Å². The molecule has 2 atom stereocenters. The zero-order chi connectivity index (χ0) is 34.9. The third kappa shape index (κ3) is 5.58. The van der Waals surface area contributed by atoms with Crippen LogP contribution in [0.15, 0.2) is 182 Å². The number of hydrogen-bond acceptors (Lipinski definition) is 5. The van der Waals surface area contributed by atoms with E-state index in [1.165, 1.54) is 0 Å². The fourth-order valence-corrected chi connectivity index (χ4v) is 7.88. The number of rotatable bonds is 10. The molecular weight excluding hydrogens is 620 g/mol. The third-order valence-electron chi connectivity index (χ3n) is 10.1. The fourth-order valence-electron chi connectivity index (χ4n) is 7.88. The summed E-state index contributed by atoms with van der Waals surface area (Å²) < 4.78 is 14.3. The van der Waals surface area contributed by atoms with E-state index in [4.69, 9.17) is 9.47 Å². The minimum Gasteiger partial charge on any atom is -0.380 e. The van der Waals surface area contributed by atoms with Crippen molar-refractivity contribution in [2.75, 3.05) is 0 Å². The van der Waals surface area contributed by atoms with Crippen LogP contribution in [0.25, 0.3) is 0 Å². The van der Waals surface area contributed by atoms with Crippen LogP contribution < -0.4 is 0 Å².